The maximum Gasteiger partial charge on any atom is 0.204 e. The number of aromatic nitrogens is 3. The van der Waals surface area contributed by atoms with E-state index >= 15 is 0 Å². The van der Waals surface area contributed by atoms with Gasteiger partial charge in [0.25, 0.3) is 0 Å². The number of hydrogen-bond donors (Lipinski definition) is 0. The van der Waals surface area contributed by atoms with Crippen LogP contribution in [-0.4, -0.2) is 28.2 Å². The highest BCUT2D eigenvalue weighted by Crippen LogP contribution is 2.29. The third-order valence-electron chi connectivity index (χ3n) is 2.57. The van der Waals surface area contributed by atoms with Gasteiger partial charge in [-0.05, 0) is 41.9 Å². The van der Waals surface area contributed by atoms with Crippen LogP contribution in [0.2, 0.25) is 5.02 Å². The quantitative estimate of drug-likeness (QED) is 0.736. The van der Waals surface area contributed by atoms with Crippen molar-refractivity contribution in [1.82, 2.24) is 15.0 Å². The van der Waals surface area contributed by atoms with Crippen LogP contribution >= 0.6 is 27.5 Å². The van der Waals surface area contributed by atoms with Crippen molar-refractivity contribution < 1.29 is 9.47 Å². The summed E-state index contributed by atoms with van der Waals surface area (Å²) in [5.74, 6) is 0. The molecule has 7 heteroatoms. The highest BCUT2D eigenvalue weighted by molar-refractivity contribution is 9.10. The summed E-state index contributed by atoms with van der Waals surface area (Å²) in [7, 11) is 0. The Bertz CT molecular complexity index is 570. The van der Waals surface area contributed by atoms with Crippen LogP contribution in [0.3, 0.4) is 0 Å². The molecule has 0 fully saturated rings. The van der Waals surface area contributed by atoms with Crippen LogP contribution in [0, 0.1) is 0 Å². The molecule has 0 saturated carbocycles. The molecule has 0 saturated heterocycles. The largest absolute Gasteiger partial charge is 0.347 e. The molecule has 0 amide bonds. The van der Waals surface area contributed by atoms with E-state index in [0.717, 1.165) is 10.2 Å². The molecule has 2 aromatic rings. The van der Waals surface area contributed by atoms with Crippen LogP contribution in [0.25, 0.3) is 5.69 Å². The van der Waals surface area contributed by atoms with Crippen molar-refractivity contribution in [3.63, 3.8) is 0 Å². The lowest BCUT2D eigenvalue weighted by Gasteiger charge is -2.13. The lowest BCUT2D eigenvalue weighted by Crippen LogP contribution is -2.09. The molecule has 1 aromatic carbocycles. The van der Waals surface area contributed by atoms with E-state index < -0.39 is 6.29 Å². The molecular formula is C13H15BrClN3O2. The molecule has 0 aliphatic heterocycles. The Balaban J connectivity index is 2.30. The van der Waals surface area contributed by atoms with Crippen molar-refractivity contribution in [1.29, 1.82) is 0 Å². The van der Waals surface area contributed by atoms with Crippen molar-refractivity contribution in [2.24, 2.45) is 0 Å². The first-order valence-electron chi connectivity index (χ1n) is 6.27. The van der Waals surface area contributed by atoms with Crippen LogP contribution < -0.4 is 0 Å². The lowest BCUT2D eigenvalue weighted by atomic mass is 10.3. The summed E-state index contributed by atoms with van der Waals surface area (Å²) in [5.41, 5.74) is 1.43. The van der Waals surface area contributed by atoms with Gasteiger partial charge in [-0.15, -0.1) is 5.10 Å². The van der Waals surface area contributed by atoms with Gasteiger partial charge in [-0.1, -0.05) is 22.9 Å². The average Bonchev–Trinajstić information content (AvgIpc) is 2.91. The Morgan fingerprint density at radius 1 is 1.30 bits per heavy atom. The smallest absolute Gasteiger partial charge is 0.204 e. The Kier molecular flexibility index (Phi) is 5.54. The van der Waals surface area contributed by atoms with Crippen molar-refractivity contribution >= 4 is 27.5 Å². The molecule has 0 N–H and O–H groups in total. The van der Waals surface area contributed by atoms with E-state index in [1.165, 1.54) is 0 Å². The summed E-state index contributed by atoms with van der Waals surface area (Å²) in [4.78, 5) is 0. The lowest BCUT2D eigenvalue weighted by molar-refractivity contribution is -0.142. The Hall–Kier alpha value is -0.950. The van der Waals surface area contributed by atoms with Gasteiger partial charge in [0.2, 0.25) is 6.29 Å². The molecule has 20 heavy (non-hydrogen) atoms. The third kappa shape index (κ3) is 3.38. The number of hydrogen-bond acceptors (Lipinski definition) is 4. The fourth-order valence-electron chi connectivity index (χ4n) is 1.69. The third-order valence-corrected chi connectivity index (χ3v) is 3.94. The van der Waals surface area contributed by atoms with E-state index in [0.29, 0.717) is 23.9 Å². The van der Waals surface area contributed by atoms with Gasteiger partial charge < -0.3 is 9.47 Å². The van der Waals surface area contributed by atoms with E-state index in [1.807, 2.05) is 26.0 Å². The second kappa shape index (κ2) is 7.17. The van der Waals surface area contributed by atoms with Gasteiger partial charge in [-0.3, -0.25) is 0 Å². The first kappa shape index (κ1) is 15.4. The van der Waals surface area contributed by atoms with E-state index in [-0.39, 0.29) is 0 Å². The fourth-order valence-corrected chi connectivity index (χ4v) is 2.31. The van der Waals surface area contributed by atoms with Gasteiger partial charge in [-0.25, -0.2) is 4.68 Å². The van der Waals surface area contributed by atoms with Crippen molar-refractivity contribution in [2.45, 2.75) is 20.1 Å². The minimum Gasteiger partial charge on any atom is -0.347 e. The van der Waals surface area contributed by atoms with Gasteiger partial charge in [0.15, 0.2) is 0 Å². The summed E-state index contributed by atoms with van der Waals surface area (Å²) >= 11 is 9.52. The maximum absolute atomic E-state index is 6.07. The summed E-state index contributed by atoms with van der Waals surface area (Å²) < 4.78 is 13.4. The second-order valence-corrected chi connectivity index (χ2v) is 5.10. The zero-order valence-electron chi connectivity index (χ0n) is 11.2. The zero-order chi connectivity index (χ0) is 14.5. The van der Waals surface area contributed by atoms with Crippen LogP contribution in [-0.2, 0) is 9.47 Å². The minimum absolute atomic E-state index is 0.503. The number of rotatable bonds is 6. The molecular weight excluding hydrogens is 346 g/mol. The second-order valence-electron chi connectivity index (χ2n) is 3.90. The molecule has 1 heterocycles. The van der Waals surface area contributed by atoms with Crippen LogP contribution in [0.4, 0.5) is 0 Å². The Morgan fingerprint density at radius 2 is 2.00 bits per heavy atom. The molecule has 0 bridgehead atoms. The molecule has 0 aliphatic carbocycles. The van der Waals surface area contributed by atoms with E-state index in [2.05, 4.69) is 26.2 Å². The molecule has 108 valence electrons. The van der Waals surface area contributed by atoms with Gasteiger partial charge in [-0.2, -0.15) is 0 Å². The zero-order valence-corrected chi connectivity index (χ0v) is 13.6. The SMILES string of the molecule is CCOC(OCC)c1cn(-c2cccc(Cl)c2Br)nn1. The maximum atomic E-state index is 6.07. The van der Waals surface area contributed by atoms with Gasteiger partial charge in [0.1, 0.15) is 5.69 Å². The van der Waals surface area contributed by atoms with Crippen molar-refractivity contribution in [2.75, 3.05) is 13.2 Å². The van der Waals surface area contributed by atoms with Crippen LogP contribution in [0.5, 0.6) is 0 Å². The molecule has 1 aromatic heterocycles. The van der Waals surface area contributed by atoms with Gasteiger partial charge in [0, 0.05) is 13.2 Å². The predicted molar refractivity (Wildman–Crippen MR) is 80.1 cm³/mol. The summed E-state index contributed by atoms with van der Waals surface area (Å²) in [6.45, 7) is 4.89. The van der Waals surface area contributed by atoms with Gasteiger partial charge >= 0.3 is 0 Å². The minimum atomic E-state index is -0.503. The number of nitrogens with zero attached hydrogens (tertiary/aromatic N) is 3. The molecule has 0 unspecified atom stereocenters. The summed E-state index contributed by atoms with van der Waals surface area (Å²) in [6, 6.07) is 5.55. The first-order chi connectivity index (χ1) is 9.67. The summed E-state index contributed by atoms with van der Waals surface area (Å²) in [5, 5.41) is 8.81. The van der Waals surface area contributed by atoms with Crippen LogP contribution in [0.1, 0.15) is 25.8 Å². The standard InChI is InChI=1S/C13H15BrClN3O2/c1-3-19-13(20-4-2)10-8-18(17-16-10)11-7-5-6-9(15)12(11)14/h5-8,13H,3-4H2,1-2H3. The topological polar surface area (TPSA) is 49.2 Å². The molecule has 2 rings (SSSR count). The van der Waals surface area contributed by atoms with E-state index in [4.69, 9.17) is 21.1 Å². The van der Waals surface area contributed by atoms with Gasteiger partial charge in [0.05, 0.1) is 21.4 Å². The van der Waals surface area contributed by atoms with Crippen LogP contribution in [0.15, 0.2) is 28.9 Å². The molecule has 0 atom stereocenters. The van der Waals surface area contributed by atoms with E-state index in [1.54, 1.807) is 16.9 Å². The highest BCUT2D eigenvalue weighted by Gasteiger charge is 2.17. The Labute approximate surface area is 131 Å². The number of ether oxygens (including phenoxy) is 2. The highest BCUT2D eigenvalue weighted by atomic mass is 79.9. The first-order valence-corrected chi connectivity index (χ1v) is 7.44. The number of halogens is 2. The molecule has 0 aliphatic rings. The number of benzene rings is 1. The van der Waals surface area contributed by atoms with Crippen molar-refractivity contribution in [3.05, 3.63) is 39.6 Å². The van der Waals surface area contributed by atoms with E-state index in [9.17, 15) is 0 Å². The monoisotopic (exact) mass is 359 g/mol. The molecule has 0 spiro atoms. The average molecular weight is 361 g/mol. The fraction of sp³-hybridized carbons (Fsp3) is 0.385. The molecule has 5 nitrogen and oxygen atoms in total. The summed E-state index contributed by atoms with van der Waals surface area (Å²) in [6.07, 6.45) is 1.27. The normalized spacial score (nSPS) is 11.2. The Morgan fingerprint density at radius 3 is 2.65 bits per heavy atom. The predicted octanol–water partition coefficient (Wildman–Crippen LogP) is 3.75. The molecule has 0 radical (unpaired) electrons. The van der Waals surface area contributed by atoms with Crippen molar-refractivity contribution in [3.8, 4) is 5.69 Å².